The third-order valence-corrected chi connectivity index (χ3v) is 2.00. The molecule has 0 fully saturated rings. The molecule has 3 heteroatoms. The molecule has 0 bridgehead atoms. The van der Waals surface area contributed by atoms with Gasteiger partial charge in [-0.3, -0.25) is 5.10 Å². The van der Waals surface area contributed by atoms with Crippen LogP contribution in [0.25, 0.3) is 10.9 Å². The molecule has 0 radical (unpaired) electrons. The number of hydrogen-bond acceptors (Lipinski definition) is 2. The molecule has 2 rings (SSSR count). The summed E-state index contributed by atoms with van der Waals surface area (Å²) in [4.78, 5) is 0. The molecule has 0 saturated heterocycles. The summed E-state index contributed by atoms with van der Waals surface area (Å²) in [7, 11) is 0. The normalized spacial score (nSPS) is 13.5. The number of para-hydroxylation sites is 1. The number of aromatic amines is 1. The number of rotatable bonds is 1. The number of hydrogen-bond donors (Lipinski definition) is 2. The first kappa shape index (κ1) is 7.31. The molecule has 0 saturated carbocycles. The maximum atomic E-state index is 5.79. The quantitative estimate of drug-likeness (QED) is 0.667. The molecule has 0 amide bonds. The monoisotopic (exact) mass is 161 g/mol. The van der Waals surface area contributed by atoms with Crippen LogP contribution in [0.1, 0.15) is 18.5 Å². The van der Waals surface area contributed by atoms with Crippen molar-refractivity contribution in [1.29, 1.82) is 0 Å². The van der Waals surface area contributed by atoms with Crippen LogP contribution < -0.4 is 5.73 Å². The molecule has 1 heterocycles. The van der Waals surface area contributed by atoms with Gasteiger partial charge in [-0.15, -0.1) is 0 Å². The average molecular weight is 161 g/mol. The fourth-order valence-corrected chi connectivity index (χ4v) is 1.37. The van der Waals surface area contributed by atoms with Crippen LogP contribution in [0.3, 0.4) is 0 Å². The van der Waals surface area contributed by atoms with E-state index in [1.54, 1.807) is 6.20 Å². The summed E-state index contributed by atoms with van der Waals surface area (Å²) >= 11 is 0. The van der Waals surface area contributed by atoms with Crippen molar-refractivity contribution in [2.24, 2.45) is 5.73 Å². The zero-order chi connectivity index (χ0) is 8.55. The lowest BCUT2D eigenvalue weighted by molar-refractivity contribution is 0.823. The van der Waals surface area contributed by atoms with Gasteiger partial charge in [0.25, 0.3) is 0 Å². The third-order valence-electron chi connectivity index (χ3n) is 2.00. The van der Waals surface area contributed by atoms with E-state index in [2.05, 4.69) is 10.2 Å². The summed E-state index contributed by atoms with van der Waals surface area (Å²) in [5.41, 5.74) is 7.96. The second-order valence-electron chi connectivity index (χ2n) is 2.97. The van der Waals surface area contributed by atoms with Gasteiger partial charge in [0.15, 0.2) is 0 Å². The Bertz CT molecular complexity index is 389. The van der Waals surface area contributed by atoms with Crippen molar-refractivity contribution in [3.05, 3.63) is 30.0 Å². The van der Waals surface area contributed by atoms with Gasteiger partial charge in [-0.05, 0) is 12.5 Å². The van der Waals surface area contributed by atoms with Crippen molar-refractivity contribution < 1.29 is 0 Å². The minimum atomic E-state index is 0.0501. The number of nitrogens with two attached hydrogens (primary N) is 1. The van der Waals surface area contributed by atoms with Gasteiger partial charge in [0, 0.05) is 11.4 Å². The van der Waals surface area contributed by atoms with E-state index >= 15 is 0 Å². The highest BCUT2D eigenvalue weighted by Crippen LogP contribution is 2.19. The van der Waals surface area contributed by atoms with Gasteiger partial charge in [0.05, 0.1) is 11.7 Å². The van der Waals surface area contributed by atoms with Gasteiger partial charge in [-0.2, -0.15) is 5.10 Å². The molecule has 62 valence electrons. The number of nitrogens with zero attached hydrogens (tertiary/aromatic N) is 1. The second-order valence-corrected chi connectivity index (χ2v) is 2.97. The summed E-state index contributed by atoms with van der Waals surface area (Å²) in [5, 5.41) is 8.02. The Morgan fingerprint density at radius 3 is 3.08 bits per heavy atom. The summed E-state index contributed by atoms with van der Waals surface area (Å²) in [6, 6.07) is 6.08. The van der Waals surface area contributed by atoms with Crippen LogP contribution in [-0.4, -0.2) is 10.2 Å². The van der Waals surface area contributed by atoms with E-state index in [-0.39, 0.29) is 6.04 Å². The number of H-pyrrole nitrogens is 1. The highest BCUT2D eigenvalue weighted by atomic mass is 15.1. The summed E-state index contributed by atoms with van der Waals surface area (Å²) < 4.78 is 0. The minimum Gasteiger partial charge on any atom is -0.324 e. The minimum absolute atomic E-state index is 0.0501. The average Bonchev–Trinajstić information content (AvgIpc) is 2.49. The van der Waals surface area contributed by atoms with Crippen LogP contribution in [0, 0.1) is 0 Å². The number of aromatic nitrogens is 2. The highest BCUT2D eigenvalue weighted by Gasteiger charge is 2.05. The fourth-order valence-electron chi connectivity index (χ4n) is 1.37. The molecular weight excluding hydrogens is 150 g/mol. The zero-order valence-corrected chi connectivity index (χ0v) is 6.91. The molecule has 0 aliphatic heterocycles. The predicted octanol–water partition coefficient (Wildman–Crippen LogP) is 1.58. The third kappa shape index (κ3) is 0.987. The first-order chi connectivity index (χ1) is 5.79. The van der Waals surface area contributed by atoms with Crippen LogP contribution in [0.5, 0.6) is 0 Å². The lowest BCUT2D eigenvalue weighted by atomic mass is 10.1. The Balaban J connectivity index is 2.73. The fraction of sp³-hybridized carbons (Fsp3) is 0.222. The highest BCUT2D eigenvalue weighted by molar-refractivity contribution is 5.81. The van der Waals surface area contributed by atoms with Crippen molar-refractivity contribution in [2.75, 3.05) is 0 Å². The topological polar surface area (TPSA) is 54.7 Å². The number of benzene rings is 1. The molecule has 0 aliphatic carbocycles. The maximum absolute atomic E-state index is 5.79. The van der Waals surface area contributed by atoms with Crippen LogP contribution in [0.15, 0.2) is 24.4 Å². The number of nitrogens with one attached hydrogen (secondary N) is 1. The van der Waals surface area contributed by atoms with Crippen molar-refractivity contribution >= 4 is 10.9 Å². The Labute approximate surface area is 70.6 Å². The zero-order valence-electron chi connectivity index (χ0n) is 6.91. The molecule has 0 aliphatic rings. The van der Waals surface area contributed by atoms with Crippen molar-refractivity contribution in [3.8, 4) is 0 Å². The van der Waals surface area contributed by atoms with E-state index in [4.69, 9.17) is 5.73 Å². The molecule has 3 nitrogen and oxygen atoms in total. The molecule has 1 aromatic heterocycles. The van der Waals surface area contributed by atoms with Crippen LogP contribution in [0.4, 0.5) is 0 Å². The molecule has 1 aromatic carbocycles. The summed E-state index contributed by atoms with van der Waals surface area (Å²) in [5.74, 6) is 0. The second kappa shape index (κ2) is 2.60. The molecule has 0 unspecified atom stereocenters. The Morgan fingerprint density at radius 1 is 1.50 bits per heavy atom. The van der Waals surface area contributed by atoms with Crippen molar-refractivity contribution in [1.82, 2.24) is 10.2 Å². The lowest BCUT2D eigenvalue weighted by Crippen LogP contribution is -2.05. The largest absolute Gasteiger partial charge is 0.324 e. The summed E-state index contributed by atoms with van der Waals surface area (Å²) in [6.07, 6.45) is 1.81. The molecular formula is C9H11N3. The first-order valence-corrected chi connectivity index (χ1v) is 3.96. The van der Waals surface area contributed by atoms with Gasteiger partial charge in [0.2, 0.25) is 0 Å². The Kier molecular flexibility index (Phi) is 1.59. The SMILES string of the molecule is C[C@H](N)c1cccc2cn[nH]c12. The van der Waals surface area contributed by atoms with Crippen LogP contribution in [-0.2, 0) is 0 Å². The van der Waals surface area contributed by atoms with Gasteiger partial charge in [-0.25, -0.2) is 0 Å². The van der Waals surface area contributed by atoms with E-state index in [9.17, 15) is 0 Å². The van der Waals surface area contributed by atoms with Gasteiger partial charge >= 0.3 is 0 Å². The first-order valence-electron chi connectivity index (χ1n) is 3.96. The van der Waals surface area contributed by atoms with E-state index in [1.807, 2.05) is 25.1 Å². The van der Waals surface area contributed by atoms with E-state index in [0.717, 1.165) is 16.5 Å². The van der Waals surface area contributed by atoms with Crippen molar-refractivity contribution in [3.63, 3.8) is 0 Å². The lowest BCUT2D eigenvalue weighted by Gasteiger charge is -2.05. The van der Waals surface area contributed by atoms with E-state index < -0.39 is 0 Å². The summed E-state index contributed by atoms with van der Waals surface area (Å²) in [6.45, 7) is 1.97. The Morgan fingerprint density at radius 2 is 2.33 bits per heavy atom. The molecule has 0 spiro atoms. The van der Waals surface area contributed by atoms with E-state index in [0.29, 0.717) is 0 Å². The Hall–Kier alpha value is -1.35. The standard InChI is InChI=1S/C9H11N3/c1-6(10)8-4-2-3-7-5-11-12-9(7)8/h2-6H,10H2,1H3,(H,11,12)/t6-/m0/s1. The van der Waals surface area contributed by atoms with Crippen LogP contribution in [0.2, 0.25) is 0 Å². The molecule has 1 atom stereocenters. The predicted molar refractivity (Wildman–Crippen MR) is 48.7 cm³/mol. The van der Waals surface area contributed by atoms with Gasteiger partial charge < -0.3 is 5.73 Å². The number of fused-ring (bicyclic) bond motifs is 1. The molecule has 2 aromatic rings. The molecule has 3 N–H and O–H groups in total. The van der Waals surface area contributed by atoms with E-state index in [1.165, 1.54) is 0 Å². The smallest absolute Gasteiger partial charge is 0.0697 e. The van der Waals surface area contributed by atoms with Gasteiger partial charge in [-0.1, -0.05) is 18.2 Å². The van der Waals surface area contributed by atoms with Crippen molar-refractivity contribution in [2.45, 2.75) is 13.0 Å². The maximum Gasteiger partial charge on any atom is 0.0697 e. The van der Waals surface area contributed by atoms with Crippen LogP contribution >= 0.6 is 0 Å². The van der Waals surface area contributed by atoms with Gasteiger partial charge in [0.1, 0.15) is 0 Å². The molecule has 12 heavy (non-hydrogen) atoms.